The van der Waals surface area contributed by atoms with Crippen LogP contribution >= 0.6 is 0 Å². The Morgan fingerprint density at radius 1 is 0.882 bits per heavy atom. The molecule has 5 rings (SSSR count). The number of hydrogen-bond donors (Lipinski definition) is 0. The van der Waals surface area contributed by atoms with E-state index in [0.29, 0.717) is 34.3 Å². The molecule has 0 unspecified atom stereocenters. The fourth-order valence-corrected chi connectivity index (χ4v) is 5.10. The Labute approximate surface area is 195 Å². The van der Waals surface area contributed by atoms with Crippen molar-refractivity contribution in [1.29, 1.82) is 0 Å². The SMILES string of the molecule is COC(=O)O[C@H]1c2cc3c(cc2[C@@H](c2cc(OC)c(OC)c(OC)c2)[C@@H]2C(=O)OC[C@@H]21)OCO3. The van der Waals surface area contributed by atoms with Gasteiger partial charge in [-0.2, -0.15) is 0 Å². The van der Waals surface area contributed by atoms with Gasteiger partial charge in [0.1, 0.15) is 6.10 Å². The molecule has 10 heteroatoms. The largest absolute Gasteiger partial charge is 0.508 e. The van der Waals surface area contributed by atoms with E-state index in [1.807, 2.05) is 18.2 Å². The number of ether oxygens (including phenoxy) is 8. The lowest BCUT2D eigenvalue weighted by Gasteiger charge is -2.38. The van der Waals surface area contributed by atoms with E-state index >= 15 is 0 Å². The van der Waals surface area contributed by atoms with Gasteiger partial charge in [0, 0.05) is 17.4 Å². The van der Waals surface area contributed by atoms with Gasteiger partial charge in [0.05, 0.1) is 41.0 Å². The van der Waals surface area contributed by atoms with Crippen LogP contribution in [0.4, 0.5) is 4.79 Å². The second-order valence-corrected chi connectivity index (χ2v) is 8.08. The van der Waals surface area contributed by atoms with Crippen LogP contribution < -0.4 is 23.7 Å². The molecule has 180 valence electrons. The minimum absolute atomic E-state index is 0.0739. The molecule has 0 spiro atoms. The van der Waals surface area contributed by atoms with E-state index in [1.165, 1.54) is 28.4 Å². The maximum absolute atomic E-state index is 13.0. The Morgan fingerprint density at radius 3 is 2.12 bits per heavy atom. The first-order valence-electron chi connectivity index (χ1n) is 10.6. The van der Waals surface area contributed by atoms with Crippen molar-refractivity contribution >= 4 is 12.1 Å². The molecular weight excluding hydrogens is 448 g/mol. The number of fused-ring (bicyclic) bond motifs is 3. The Morgan fingerprint density at radius 2 is 1.53 bits per heavy atom. The van der Waals surface area contributed by atoms with Crippen LogP contribution in [0.2, 0.25) is 0 Å². The minimum atomic E-state index is -0.849. The maximum Gasteiger partial charge on any atom is 0.508 e. The molecule has 0 amide bonds. The second kappa shape index (κ2) is 8.51. The third kappa shape index (κ3) is 3.32. The summed E-state index contributed by atoms with van der Waals surface area (Å²) in [5.41, 5.74) is 2.18. The number of benzene rings is 2. The first kappa shape index (κ1) is 22.0. The third-order valence-electron chi connectivity index (χ3n) is 6.56. The Bertz CT molecular complexity index is 1120. The number of hydrogen-bond acceptors (Lipinski definition) is 10. The van der Waals surface area contributed by atoms with Crippen molar-refractivity contribution in [2.75, 3.05) is 41.8 Å². The summed E-state index contributed by atoms with van der Waals surface area (Å²) in [5, 5.41) is 0. The van der Waals surface area contributed by atoms with Crippen molar-refractivity contribution in [3.05, 3.63) is 41.0 Å². The zero-order valence-corrected chi connectivity index (χ0v) is 19.1. The summed E-state index contributed by atoms with van der Waals surface area (Å²) in [7, 11) is 5.82. The quantitative estimate of drug-likeness (QED) is 0.602. The topological polar surface area (TPSA) is 108 Å². The molecule has 0 aromatic heterocycles. The Kier molecular flexibility index (Phi) is 5.51. The molecule has 34 heavy (non-hydrogen) atoms. The van der Waals surface area contributed by atoms with Crippen LogP contribution in [0, 0.1) is 11.8 Å². The van der Waals surface area contributed by atoms with Gasteiger partial charge in [-0.1, -0.05) is 0 Å². The predicted octanol–water partition coefficient (Wildman–Crippen LogP) is 3.20. The fraction of sp³-hybridized carbons (Fsp3) is 0.417. The van der Waals surface area contributed by atoms with Crippen LogP contribution in [-0.2, 0) is 19.0 Å². The molecule has 0 N–H and O–H groups in total. The van der Waals surface area contributed by atoms with Gasteiger partial charge in [-0.25, -0.2) is 4.79 Å². The summed E-state index contributed by atoms with van der Waals surface area (Å²) in [4.78, 5) is 25.1. The van der Waals surface area contributed by atoms with Gasteiger partial charge in [-0.15, -0.1) is 0 Å². The summed E-state index contributed by atoms with van der Waals surface area (Å²) >= 11 is 0. The molecule has 0 radical (unpaired) electrons. The number of esters is 1. The molecule has 1 fully saturated rings. The standard InChI is InChI=1S/C24H24O10/c1-27-17-5-11(6-18(28-2)22(17)29-3)19-12-7-15-16(33-10-32-15)8-13(12)21(34-24(26)30-4)14-9-31-23(25)20(14)19/h5-8,14,19-21H,9-10H2,1-4H3/t14-,19+,20+,21-/m0/s1. The van der Waals surface area contributed by atoms with Crippen molar-refractivity contribution in [2.45, 2.75) is 12.0 Å². The summed E-state index contributed by atoms with van der Waals surface area (Å²) in [5.74, 6) is 0.496. The molecule has 0 saturated carbocycles. The molecule has 3 aliphatic rings. The molecule has 1 aliphatic carbocycles. The van der Waals surface area contributed by atoms with Crippen molar-refractivity contribution < 1.29 is 47.5 Å². The zero-order chi connectivity index (χ0) is 24.0. The predicted molar refractivity (Wildman–Crippen MR) is 115 cm³/mol. The number of carbonyl (C=O) groups excluding carboxylic acids is 2. The van der Waals surface area contributed by atoms with Gasteiger partial charge < -0.3 is 37.9 Å². The highest BCUT2D eigenvalue weighted by Crippen LogP contribution is 2.56. The van der Waals surface area contributed by atoms with E-state index in [4.69, 9.17) is 37.9 Å². The number of carbonyl (C=O) groups is 2. The lowest BCUT2D eigenvalue weighted by molar-refractivity contribution is -0.141. The van der Waals surface area contributed by atoms with Gasteiger partial charge >= 0.3 is 12.1 Å². The third-order valence-corrected chi connectivity index (χ3v) is 6.56. The van der Waals surface area contributed by atoms with Crippen molar-refractivity contribution in [2.24, 2.45) is 11.8 Å². The second-order valence-electron chi connectivity index (χ2n) is 8.08. The van der Waals surface area contributed by atoms with Crippen LogP contribution in [-0.4, -0.2) is 54.0 Å². The monoisotopic (exact) mass is 472 g/mol. The van der Waals surface area contributed by atoms with Crippen molar-refractivity contribution in [1.82, 2.24) is 0 Å². The van der Waals surface area contributed by atoms with Gasteiger partial charge in [0.25, 0.3) is 0 Å². The molecule has 2 heterocycles. The Balaban J connectivity index is 1.73. The van der Waals surface area contributed by atoms with Gasteiger partial charge in [-0.3, -0.25) is 4.79 Å². The fourth-order valence-electron chi connectivity index (χ4n) is 5.10. The molecule has 10 nitrogen and oxygen atoms in total. The van der Waals surface area contributed by atoms with Gasteiger partial charge in [0.15, 0.2) is 23.0 Å². The van der Waals surface area contributed by atoms with Crippen LogP contribution in [0.1, 0.15) is 28.7 Å². The summed E-state index contributed by atoms with van der Waals surface area (Å²) in [6.07, 6.45) is -1.62. The first-order valence-corrected chi connectivity index (χ1v) is 10.6. The zero-order valence-electron chi connectivity index (χ0n) is 19.1. The Hall–Kier alpha value is -3.82. The summed E-state index contributed by atoms with van der Waals surface area (Å²) in [6, 6.07) is 7.23. The van der Waals surface area contributed by atoms with Crippen molar-refractivity contribution in [3.63, 3.8) is 0 Å². The normalized spacial score (nSPS) is 23.9. The average Bonchev–Trinajstić information content (AvgIpc) is 3.48. The van der Waals surface area contributed by atoms with E-state index in [2.05, 4.69) is 0 Å². The summed E-state index contributed by atoms with van der Waals surface area (Å²) < 4.78 is 43.6. The lowest BCUT2D eigenvalue weighted by Crippen LogP contribution is -2.36. The molecule has 2 aromatic rings. The van der Waals surface area contributed by atoms with E-state index in [1.54, 1.807) is 6.07 Å². The van der Waals surface area contributed by atoms with Crippen LogP contribution in [0.25, 0.3) is 0 Å². The number of rotatable bonds is 5. The molecular formula is C24H24O10. The molecule has 2 aliphatic heterocycles. The molecule has 4 atom stereocenters. The average molecular weight is 472 g/mol. The van der Waals surface area contributed by atoms with Crippen LogP contribution in [0.3, 0.4) is 0 Å². The van der Waals surface area contributed by atoms with Crippen LogP contribution in [0.15, 0.2) is 24.3 Å². The molecule has 0 bridgehead atoms. The molecule has 1 saturated heterocycles. The van der Waals surface area contributed by atoms with Gasteiger partial charge in [0.2, 0.25) is 12.5 Å². The van der Waals surface area contributed by atoms with E-state index in [0.717, 1.165) is 11.1 Å². The van der Waals surface area contributed by atoms with E-state index < -0.39 is 30.0 Å². The highest BCUT2D eigenvalue weighted by Gasteiger charge is 2.54. The van der Waals surface area contributed by atoms with Gasteiger partial charge in [-0.05, 0) is 35.4 Å². The van der Waals surface area contributed by atoms with Crippen LogP contribution in [0.5, 0.6) is 28.7 Å². The lowest BCUT2D eigenvalue weighted by atomic mass is 9.66. The molecule has 2 aromatic carbocycles. The van der Waals surface area contributed by atoms with Crippen molar-refractivity contribution in [3.8, 4) is 28.7 Å². The minimum Gasteiger partial charge on any atom is -0.493 e. The first-order chi connectivity index (χ1) is 16.5. The highest BCUT2D eigenvalue weighted by molar-refractivity contribution is 5.79. The van der Waals surface area contributed by atoms with E-state index in [-0.39, 0.29) is 19.4 Å². The number of methoxy groups -OCH3 is 4. The smallest absolute Gasteiger partial charge is 0.493 e. The summed E-state index contributed by atoms with van der Waals surface area (Å²) in [6.45, 7) is 0.171. The highest BCUT2D eigenvalue weighted by atomic mass is 16.7. The number of cyclic esters (lactones) is 1. The maximum atomic E-state index is 13.0. The van der Waals surface area contributed by atoms with E-state index in [9.17, 15) is 9.59 Å².